The van der Waals surface area contributed by atoms with Gasteiger partial charge < -0.3 is 19.5 Å². The average molecular weight is 407 g/mol. The quantitative estimate of drug-likeness (QED) is 0.614. The number of benzene rings is 2. The summed E-state index contributed by atoms with van der Waals surface area (Å²) in [5.41, 5.74) is 3.84. The van der Waals surface area contributed by atoms with Crippen LogP contribution in [0.15, 0.2) is 42.5 Å². The predicted octanol–water partition coefficient (Wildman–Crippen LogP) is 4.14. The number of hydrogen-bond donors (Lipinski definition) is 2. The number of carbonyl (C=O) groups is 1. The van der Waals surface area contributed by atoms with Gasteiger partial charge in [0.05, 0.1) is 25.5 Å². The van der Waals surface area contributed by atoms with E-state index in [0.717, 1.165) is 34.6 Å². The standard InChI is InChI=1S/C23H25N3O4/c1-4-12-26-22(15-8-11-17(27)18(13-15)30-5-2)19-20(24-25-21(19)23(26)28)14-6-9-16(29-3)10-7-14/h6-11,13,22,27H,4-5,12H2,1-3H3,(H,24,25)/t22-/m0/s1. The van der Waals surface area contributed by atoms with Crippen LogP contribution in [0.4, 0.5) is 0 Å². The van der Waals surface area contributed by atoms with E-state index in [1.165, 1.54) is 0 Å². The maximum absolute atomic E-state index is 13.1. The zero-order chi connectivity index (χ0) is 21.3. The van der Waals surface area contributed by atoms with E-state index < -0.39 is 0 Å². The molecule has 0 saturated heterocycles. The summed E-state index contributed by atoms with van der Waals surface area (Å²) in [5, 5.41) is 17.5. The van der Waals surface area contributed by atoms with Crippen LogP contribution in [0, 0.1) is 0 Å². The highest BCUT2D eigenvalue weighted by Gasteiger charge is 2.42. The highest BCUT2D eigenvalue weighted by Crippen LogP contribution is 2.44. The molecule has 156 valence electrons. The third-order valence-electron chi connectivity index (χ3n) is 5.29. The van der Waals surface area contributed by atoms with Crippen LogP contribution in [-0.4, -0.2) is 46.4 Å². The summed E-state index contributed by atoms with van der Waals surface area (Å²) in [6, 6.07) is 12.5. The third-order valence-corrected chi connectivity index (χ3v) is 5.29. The fourth-order valence-electron chi connectivity index (χ4n) is 3.96. The molecule has 1 aliphatic heterocycles. The Morgan fingerprint density at radius 1 is 1.17 bits per heavy atom. The van der Waals surface area contributed by atoms with Crippen LogP contribution in [0.5, 0.6) is 17.2 Å². The van der Waals surface area contributed by atoms with E-state index in [9.17, 15) is 9.90 Å². The summed E-state index contributed by atoms with van der Waals surface area (Å²) >= 11 is 0. The van der Waals surface area contributed by atoms with Crippen molar-refractivity contribution in [1.29, 1.82) is 0 Å². The number of rotatable bonds is 7. The minimum Gasteiger partial charge on any atom is -0.504 e. The maximum Gasteiger partial charge on any atom is 0.273 e. The van der Waals surface area contributed by atoms with Crippen molar-refractivity contribution in [2.45, 2.75) is 26.3 Å². The molecular weight excluding hydrogens is 382 g/mol. The summed E-state index contributed by atoms with van der Waals surface area (Å²) in [4.78, 5) is 15.0. The minimum atomic E-state index is -0.317. The number of H-pyrrole nitrogens is 1. The second kappa shape index (κ2) is 8.10. The van der Waals surface area contributed by atoms with Gasteiger partial charge in [0, 0.05) is 17.7 Å². The number of nitrogens with one attached hydrogen (secondary N) is 1. The van der Waals surface area contributed by atoms with E-state index in [2.05, 4.69) is 10.2 Å². The molecule has 4 rings (SSSR count). The Morgan fingerprint density at radius 3 is 2.60 bits per heavy atom. The lowest BCUT2D eigenvalue weighted by molar-refractivity contribution is 0.0743. The second-order valence-electron chi connectivity index (χ2n) is 7.15. The van der Waals surface area contributed by atoms with E-state index in [0.29, 0.717) is 24.6 Å². The lowest BCUT2D eigenvalue weighted by Crippen LogP contribution is -2.30. The first-order chi connectivity index (χ1) is 14.6. The lowest BCUT2D eigenvalue weighted by atomic mass is 9.95. The number of carbonyl (C=O) groups excluding carboxylic acids is 1. The molecule has 0 saturated carbocycles. The summed E-state index contributed by atoms with van der Waals surface area (Å²) in [6.45, 7) is 4.96. The van der Waals surface area contributed by atoms with Gasteiger partial charge in [-0.2, -0.15) is 5.10 Å². The smallest absolute Gasteiger partial charge is 0.273 e. The van der Waals surface area contributed by atoms with Gasteiger partial charge in [0.1, 0.15) is 11.4 Å². The van der Waals surface area contributed by atoms with Gasteiger partial charge in [0.25, 0.3) is 5.91 Å². The van der Waals surface area contributed by atoms with Crippen molar-refractivity contribution in [3.05, 3.63) is 59.3 Å². The molecule has 0 aliphatic carbocycles. The van der Waals surface area contributed by atoms with Crippen molar-refractivity contribution < 1.29 is 19.4 Å². The van der Waals surface area contributed by atoms with Crippen LogP contribution < -0.4 is 9.47 Å². The van der Waals surface area contributed by atoms with E-state index in [4.69, 9.17) is 9.47 Å². The molecule has 7 heteroatoms. The Balaban J connectivity index is 1.85. The van der Waals surface area contributed by atoms with Gasteiger partial charge in [-0.3, -0.25) is 9.89 Å². The van der Waals surface area contributed by atoms with Crippen molar-refractivity contribution in [3.8, 4) is 28.5 Å². The van der Waals surface area contributed by atoms with Crippen LogP contribution >= 0.6 is 0 Å². The van der Waals surface area contributed by atoms with E-state index in [1.54, 1.807) is 19.2 Å². The molecule has 3 aromatic rings. The predicted molar refractivity (Wildman–Crippen MR) is 113 cm³/mol. The molecule has 7 nitrogen and oxygen atoms in total. The molecular formula is C23H25N3O4. The van der Waals surface area contributed by atoms with E-state index >= 15 is 0 Å². The van der Waals surface area contributed by atoms with Crippen molar-refractivity contribution in [1.82, 2.24) is 15.1 Å². The second-order valence-corrected chi connectivity index (χ2v) is 7.15. The number of fused-ring (bicyclic) bond motifs is 1. The van der Waals surface area contributed by atoms with Gasteiger partial charge in [-0.05, 0) is 55.3 Å². The molecule has 2 N–H and O–H groups in total. The number of nitrogens with zero attached hydrogens (tertiary/aromatic N) is 2. The van der Waals surface area contributed by atoms with Crippen molar-refractivity contribution >= 4 is 5.91 Å². The summed E-state index contributed by atoms with van der Waals surface area (Å²) in [7, 11) is 1.62. The van der Waals surface area contributed by atoms with E-state index in [1.807, 2.05) is 49.1 Å². The SMILES string of the molecule is CCCN1C(=O)c2[nH]nc(-c3ccc(OC)cc3)c2[C@@H]1c1ccc(O)c(OCC)c1. The highest BCUT2D eigenvalue weighted by molar-refractivity contribution is 6.00. The maximum atomic E-state index is 13.1. The Hall–Kier alpha value is -3.48. The van der Waals surface area contributed by atoms with Gasteiger partial charge in [0.2, 0.25) is 0 Å². The summed E-state index contributed by atoms with van der Waals surface area (Å²) in [5.74, 6) is 1.16. The number of aromatic nitrogens is 2. The van der Waals surface area contributed by atoms with Crippen molar-refractivity contribution in [2.24, 2.45) is 0 Å². The molecule has 0 radical (unpaired) electrons. The third kappa shape index (κ3) is 3.26. The zero-order valence-electron chi connectivity index (χ0n) is 17.3. The van der Waals surface area contributed by atoms with Crippen LogP contribution in [0.1, 0.15) is 47.9 Å². The number of methoxy groups -OCH3 is 1. The van der Waals surface area contributed by atoms with Crippen LogP contribution in [0.25, 0.3) is 11.3 Å². The zero-order valence-corrected chi connectivity index (χ0v) is 17.3. The highest BCUT2D eigenvalue weighted by atomic mass is 16.5. The molecule has 0 spiro atoms. The number of phenols is 1. The van der Waals surface area contributed by atoms with Gasteiger partial charge in [0.15, 0.2) is 11.5 Å². The number of aromatic hydroxyl groups is 1. The first kappa shape index (κ1) is 19.8. The topological polar surface area (TPSA) is 87.7 Å². The molecule has 1 aromatic heterocycles. The normalized spacial score (nSPS) is 15.4. The monoisotopic (exact) mass is 407 g/mol. The molecule has 2 heterocycles. The summed E-state index contributed by atoms with van der Waals surface area (Å²) < 4.78 is 10.8. The Bertz CT molecular complexity index is 1060. The lowest BCUT2D eigenvalue weighted by Gasteiger charge is -2.26. The number of phenolic OH excluding ortho intramolecular Hbond substituents is 1. The number of ether oxygens (including phenoxy) is 2. The van der Waals surface area contributed by atoms with Crippen LogP contribution in [0.3, 0.4) is 0 Å². The minimum absolute atomic E-state index is 0.0739. The van der Waals surface area contributed by atoms with Crippen LogP contribution in [-0.2, 0) is 0 Å². The number of hydrogen-bond acceptors (Lipinski definition) is 5. The molecule has 30 heavy (non-hydrogen) atoms. The average Bonchev–Trinajstić information content (AvgIpc) is 3.30. The van der Waals surface area contributed by atoms with Crippen LogP contribution in [0.2, 0.25) is 0 Å². The molecule has 1 aliphatic rings. The molecule has 1 atom stereocenters. The van der Waals surface area contributed by atoms with E-state index in [-0.39, 0.29) is 17.7 Å². The fourth-order valence-corrected chi connectivity index (χ4v) is 3.96. The van der Waals surface area contributed by atoms with Crippen molar-refractivity contribution in [2.75, 3.05) is 20.3 Å². The van der Waals surface area contributed by atoms with Crippen molar-refractivity contribution in [3.63, 3.8) is 0 Å². The first-order valence-corrected chi connectivity index (χ1v) is 10.1. The largest absolute Gasteiger partial charge is 0.504 e. The van der Waals surface area contributed by atoms with Gasteiger partial charge in [-0.1, -0.05) is 13.0 Å². The number of amides is 1. The van der Waals surface area contributed by atoms with Gasteiger partial charge in [-0.25, -0.2) is 0 Å². The van der Waals surface area contributed by atoms with Gasteiger partial charge in [-0.15, -0.1) is 0 Å². The molecule has 1 amide bonds. The fraction of sp³-hybridized carbons (Fsp3) is 0.304. The molecule has 0 fully saturated rings. The first-order valence-electron chi connectivity index (χ1n) is 10.1. The summed E-state index contributed by atoms with van der Waals surface area (Å²) in [6.07, 6.45) is 0.828. The molecule has 2 aromatic carbocycles. The molecule has 0 bridgehead atoms. The van der Waals surface area contributed by atoms with Gasteiger partial charge >= 0.3 is 0 Å². The Labute approximate surface area is 175 Å². The number of aromatic amines is 1. The Kier molecular flexibility index (Phi) is 5.35. The molecule has 0 unspecified atom stereocenters. The Morgan fingerprint density at radius 2 is 1.93 bits per heavy atom.